The van der Waals surface area contributed by atoms with Crippen molar-refractivity contribution in [3.63, 3.8) is 0 Å². The molecule has 9 nitrogen and oxygen atoms in total. The molecule has 2 aliphatic rings. The third-order valence-corrected chi connectivity index (χ3v) is 5.63. The van der Waals surface area contributed by atoms with E-state index < -0.39 is 18.2 Å². The Kier molecular flexibility index (Phi) is 5.74. The van der Waals surface area contributed by atoms with Gasteiger partial charge in [-0.25, -0.2) is 13.8 Å². The number of para-hydroxylation sites is 2. The van der Waals surface area contributed by atoms with Crippen LogP contribution >= 0.6 is 0 Å². The summed E-state index contributed by atoms with van der Waals surface area (Å²) in [5, 5.41) is 3.23. The number of hydrogen-bond donors (Lipinski definition) is 1. The van der Waals surface area contributed by atoms with Gasteiger partial charge in [0, 0.05) is 39.3 Å². The summed E-state index contributed by atoms with van der Waals surface area (Å²) in [6, 6.07) is 6.23. The van der Waals surface area contributed by atoms with E-state index in [4.69, 9.17) is 4.74 Å². The predicted molar refractivity (Wildman–Crippen MR) is 112 cm³/mol. The molecule has 0 saturated carbocycles. The minimum absolute atomic E-state index is 0.143. The molecule has 2 saturated heterocycles. The van der Waals surface area contributed by atoms with Gasteiger partial charge >= 0.3 is 12.3 Å². The van der Waals surface area contributed by atoms with Gasteiger partial charge in [-0.2, -0.15) is 23.7 Å². The van der Waals surface area contributed by atoms with Gasteiger partial charge in [0.2, 0.25) is 17.8 Å². The van der Waals surface area contributed by atoms with Crippen molar-refractivity contribution in [1.29, 1.82) is 0 Å². The highest BCUT2D eigenvalue weighted by molar-refractivity contribution is 5.78. The van der Waals surface area contributed by atoms with Gasteiger partial charge in [0.1, 0.15) is 0 Å². The molecule has 4 heterocycles. The molecule has 13 heteroatoms. The number of fused-ring (bicyclic) bond motifs is 1. The molecule has 0 unspecified atom stereocenters. The average Bonchev–Trinajstić information content (AvgIpc) is 3.25. The smallest absolute Gasteiger partial charge is 0.364 e. The van der Waals surface area contributed by atoms with Gasteiger partial charge in [-0.05, 0) is 12.1 Å². The van der Waals surface area contributed by atoms with Crippen LogP contribution in [-0.2, 0) is 10.7 Å². The van der Waals surface area contributed by atoms with Gasteiger partial charge < -0.3 is 19.9 Å². The Labute approximate surface area is 186 Å². The molecule has 0 radical (unpaired) electrons. The second-order valence-corrected chi connectivity index (χ2v) is 7.76. The first-order chi connectivity index (χ1) is 15.9. The average molecular weight is 466 g/mol. The predicted octanol–water partition coefficient (Wildman–Crippen LogP) is 1.81. The van der Waals surface area contributed by atoms with Crippen molar-refractivity contribution in [3.05, 3.63) is 30.1 Å². The van der Waals surface area contributed by atoms with Crippen molar-refractivity contribution >= 4 is 22.9 Å². The zero-order valence-electron chi connectivity index (χ0n) is 17.6. The van der Waals surface area contributed by atoms with Gasteiger partial charge in [0.15, 0.2) is 5.82 Å². The molecular weight excluding hydrogens is 444 g/mol. The maximum Gasteiger partial charge on any atom is 0.364 e. The quantitative estimate of drug-likeness (QED) is 0.571. The Morgan fingerprint density at radius 2 is 1.45 bits per heavy atom. The number of rotatable bonds is 5. The van der Waals surface area contributed by atoms with E-state index in [2.05, 4.69) is 25.3 Å². The van der Waals surface area contributed by atoms with E-state index in [1.54, 1.807) is 12.1 Å². The number of hydrogen-bond acceptors (Lipinski definition) is 8. The molecule has 5 rings (SSSR count). The number of halogens is 4. The molecule has 1 aromatic carbocycles. The maximum absolute atomic E-state index is 14.6. The van der Waals surface area contributed by atoms with E-state index in [1.165, 1.54) is 12.1 Å². The van der Waals surface area contributed by atoms with E-state index in [1.807, 2.05) is 9.80 Å². The number of aromatic nitrogens is 5. The van der Waals surface area contributed by atoms with E-state index in [0.717, 1.165) is 4.57 Å². The number of morpholine rings is 1. The van der Waals surface area contributed by atoms with Crippen molar-refractivity contribution in [2.75, 3.05) is 62.3 Å². The summed E-state index contributed by atoms with van der Waals surface area (Å²) in [5.41, 5.74) is 0.350. The molecule has 2 fully saturated rings. The molecule has 0 spiro atoms. The van der Waals surface area contributed by atoms with Crippen LogP contribution < -0.4 is 15.1 Å². The molecule has 0 aliphatic carbocycles. The lowest BCUT2D eigenvalue weighted by Crippen LogP contribution is -2.45. The van der Waals surface area contributed by atoms with Crippen LogP contribution in [0.15, 0.2) is 24.3 Å². The van der Waals surface area contributed by atoms with Crippen LogP contribution in [0.1, 0.15) is 5.82 Å². The summed E-state index contributed by atoms with van der Waals surface area (Å²) in [4.78, 5) is 21.1. The molecule has 3 aromatic rings. The molecule has 1 N–H and O–H groups in total. The zero-order chi connectivity index (χ0) is 23.0. The largest absolute Gasteiger partial charge is 0.378 e. The first-order valence-corrected chi connectivity index (χ1v) is 10.6. The van der Waals surface area contributed by atoms with Gasteiger partial charge in [-0.15, -0.1) is 0 Å². The van der Waals surface area contributed by atoms with Crippen molar-refractivity contribution < 1.29 is 22.3 Å². The molecule has 0 atom stereocenters. The highest BCUT2D eigenvalue weighted by Crippen LogP contribution is 2.37. The Morgan fingerprint density at radius 3 is 2.12 bits per heavy atom. The van der Waals surface area contributed by atoms with Crippen molar-refractivity contribution in [1.82, 2.24) is 29.8 Å². The Bertz CT molecular complexity index is 1090. The number of nitrogens with zero attached hydrogens (tertiary/aromatic N) is 7. The summed E-state index contributed by atoms with van der Waals surface area (Å²) in [6.45, 7) is 4.57. The van der Waals surface area contributed by atoms with E-state index in [0.29, 0.717) is 58.4 Å². The summed E-state index contributed by atoms with van der Waals surface area (Å²) in [7, 11) is 0. The summed E-state index contributed by atoms with van der Waals surface area (Å²) < 4.78 is 62.3. The number of alkyl halides is 4. The fraction of sp³-hybridized carbons (Fsp3) is 0.500. The molecular formula is C20H22F4N8O. The molecule has 176 valence electrons. The van der Waals surface area contributed by atoms with Gasteiger partial charge in [0.05, 0.1) is 24.2 Å². The number of anilines is 2. The molecule has 0 bridgehead atoms. The van der Waals surface area contributed by atoms with Crippen molar-refractivity contribution in [2.24, 2.45) is 0 Å². The molecule has 2 aliphatic heterocycles. The minimum Gasteiger partial charge on any atom is -0.378 e. The molecule has 33 heavy (non-hydrogen) atoms. The zero-order valence-corrected chi connectivity index (χ0v) is 17.6. The normalized spacial score (nSPS) is 17.8. The van der Waals surface area contributed by atoms with E-state index in [-0.39, 0.29) is 22.9 Å². The summed E-state index contributed by atoms with van der Waals surface area (Å²) >= 11 is 0. The lowest BCUT2D eigenvalue weighted by atomic mass is 10.3. The minimum atomic E-state index is -4.50. The Morgan fingerprint density at radius 1 is 0.848 bits per heavy atom. The SMILES string of the molecule is FC(F)C(F)(F)c1nc2ccccc2n1-c1nc(N2CCNCC2)nc(N2CCOCC2)n1. The lowest BCUT2D eigenvalue weighted by Gasteiger charge is -2.30. The first-order valence-electron chi connectivity index (χ1n) is 10.6. The van der Waals surface area contributed by atoms with Crippen LogP contribution in [0.4, 0.5) is 29.5 Å². The lowest BCUT2D eigenvalue weighted by molar-refractivity contribution is -0.141. The molecule has 2 aromatic heterocycles. The second kappa shape index (κ2) is 8.71. The molecule has 0 amide bonds. The second-order valence-electron chi connectivity index (χ2n) is 7.76. The van der Waals surface area contributed by atoms with E-state index >= 15 is 0 Å². The Hall–Kier alpha value is -3.06. The van der Waals surface area contributed by atoms with Gasteiger partial charge in [-0.3, -0.25) is 4.57 Å². The summed E-state index contributed by atoms with van der Waals surface area (Å²) in [5.74, 6) is -5.21. The first kappa shape index (κ1) is 21.8. The maximum atomic E-state index is 14.6. The summed E-state index contributed by atoms with van der Waals surface area (Å²) in [6.07, 6.45) is -3.94. The topological polar surface area (TPSA) is 84.2 Å². The highest BCUT2D eigenvalue weighted by Gasteiger charge is 2.48. The van der Waals surface area contributed by atoms with Gasteiger partial charge in [0.25, 0.3) is 0 Å². The monoisotopic (exact) mass is 466 g/mol. The third kappa shape index (κ3) is 4.06. The fourth-order valence-electron chi connectivity index (χ4n) is 3.90. The highest BCUT2D eigenvalue weighted by atomic mass is 19.3. The Balaban J connectivity index is 1.71. The number of nitrogens with one attached hydrogen (secondary N) is 1. The van der Waals surface area contributed by atoms with E-state index in [9.17, 15) is 17.6 Å². The fourth-order valence-corrected chi connectivity index (χ4v) is 3.90. The van der Waals surface area contributed by atoms with Crippen LogP contribution in [0.2, 0.25) is 0 Å². The number of ether oxygens (including phenoxy) is 1. The standard InChI is InChI=1S/C20H22F4N8O/c21-15(22)20(23,24)16-26-13-3-1-2-4-14(13)32(16)19-28-17(30-7-5-25-6-8-30)27-18(29-19)31-9-11-33-12-10-31/h1-4,15,25H,5-12H2. The van der Waals surface area contributed by atoms with Crippen molar-refractivity contribution in [3.8, 4) is 5.95 Å². The van der Waals surface area contributed by atoms with Crippen molar-refractivity contribution in [2.45, 2.75) is 12.3 Å². The van der Waals surface area contributed by atoms with Crippen LogP contribution in [-0.4, -0.2) is 83.4 Å². The van der Waals surface area contributed by atoms with Gasteiger partial charge in [-0.1, -0.05) is 12.1 Å². The number of piperazine rings is 1. The van der Waals surface area contributed by atoms with Crippen LogP contribution in [0, 0.1) is 0 Å². The van der Waals surface area contributed by atoms with Crippen LogP contribution in [0.25, 0.3) is 17.0 Å². The van der Waals surface area contributed by atoms with Crippen LogP contribution in [0.3, 0.4) is 0 Å². The van der Waals surface area contributed by atoms with Crippen LogP contribution in [0.5, 0.6) is 0 Å². The number of imidazole rings is 1. The third-order valence-electron chi connectivity index (χ3n) is 5.63. The number of benzene rings is 1.